The number of aromatic nitrogens is 2. The summed E-state index contributed by atoms with van der Waals surface area (Å²) >= 11 is 0. The molecule has 2 unspecified atom stereocenters. The molecule has 0 amide bonds. The van der Waals surface area contributed by atoms with Crippen LogP contribution < -0.4 is 0 Å². The van der Waals surface area contributed by atoms with Crippen molar-refractivity contribution in [1.82, 2.24) is 14.3 Å². The van der Waals surface area contributed by atoms with E-state index in [2.05, 4.69) is 9.97 Å². The van der Waals surface area contributed by atoms with E-state index in [1.807, 2.05) is 13.1 Å². The fourth-order valence-electron chi connectivity index (χ4n) is 3.11. The van der Waals surface area contributed by atoms with Gasteiger partial charge < -0.3 is 0 Å². The van der Waals surface area contributed by atoms with E-state index in [9.17, 15) is 8.42 Å². The van der Waals surface area contributed by atoms with Gasteiger partial charge in [0, 0.05) is 24.2 Å². The zero-order valence-corrected chi connectivity index (χ0v) is 11.4. The highest BCUT2D eigenvalue weighted by atomic mass is 32.2. The molecule has 3 heterocycles. The molecule has 1 saturated heterocycles. The van der Waals surface area contributed by atoms with Crippen molar-refractivity contribution < 1.29 is 8.42 Å². The van der Waals surface area contributed by atoms with Gasteiger partial charge in [-0.25, -0.2) is 18.4 Å². The lowest BCUT2D eigenvalue weighted by atomic mass is 10.0. The van der Waals surface area contributed by atoms with Gasteiger partial charge >= 0.3 is 0 Å². The molecule has 0 saturated carbocycles. The Morgan fingerprint density at radius 1 is 1.44 bits per heavy atom. The van der Waals surface area contributed by atoms with Crippen molar-refractivity contribution in [3.05, 3.63) is 23.3 Å². The van der Waals surface area contributed by atoms with Crippen LogP contribution in [0.4, 0.5) is 0 Å². The van der Waals surface area contributed by atoms with Gasteiger partial charge in [0.1, 0.15) is 5.82 Å². The minimum absolute atomic E-state index is 0.0377. The number of hydrogen-bond donors (Lipinski definition) is 0. The van der Waals surface area contributed by atoms with Gasteiger partial charge in [-0.05, 0) is 26.7 Å². The van der Waals surface area contributed by atoms with Crippen LogP contribution in [0.25, 0.3) is 0 Å². The van der Waals surface area contributed by atoms with E-state index in [0.29, 0.717) is 0 Å². The summed E-state index contributed by atoms with van der Waals surface area (Å²) in [7, 11) is -3.13. The van der Waals surface area contributed by atoms with Crippen LogP contribution in [-0.2, 0) is 16.4 Å². The first-order valence-electron chi connectivity index (χ1n) is 6.36. The van der Waals surface area contributed by atoms with Crippen molar-refractivity contribution in [1.29, 1.82) is 0 Å². The second kappa shape index (κ2) is 3.99. The Morgan fingerprint density at radius 3 is 2.94 bits per heavy atom. The molecule has 0 N–H and O–H groups in total. The van der Waals surface area contributed by atoms with Crippen molar-refractivity contribution in [3.63, 3.8) is 0 Å². The average molecular weight is 267 g/mol. The van der Waals surface area contributed by atoms with Crippen LogP contribution in [0, 0.1) is 6.92 Å². The Kier molecular flexibility index (Phi) is 2.67. The number of nitrogens with zero attached hydrogens (tertiary/aromatic N) is 3. The van der Waals surface area contributed by atoms with E-state index >= 15 is 0 Å². The molecule has 2 aliphatic heterocycles. The second-order valence-corrected chi connectivity index (χ2v) is 7.16. The number of fused-ring (bicyclic) bond motifs is 4. The minimum atomic E-state index is -3.13. The minimum Gasteiger partial charge on any atom is -0.241 e. The highest BCUT2D eigenvalue weighted by molar-refractivity contribution is 7.89. The normalized spacial score (nSPS) is 27.2. The monoisotopic (exact) mass is 267 g/mol. The van der Waals surface area contributed by atoms with Crippen LogP contribution in [0.1, 0.15) is 42.9 Å². The number of aryl methyl sites for hydroxylation is 1. The molecule has 6 heteroatoms. The maximum atomic E-state index is 12.2. The van der Waals surface area contributed by atoms with E-state index in [1.54, 1.807) is 11.2 Å². The molecular formula is C12H17N3O2S. The second-order valence-electron chi connectivity index (χ2n) is 5.00. The fourth-order valence-corrected chi connectivity index (χ4v) is 4.64. The SMILES string of the molecule is CCS(=O)(=O)N1C2CCC1c1cnc(C)nc1C2. The van der Waals surface area contributed by atoms with Gasteiger partial charge in [-0.1, -0.05) is 0 Å². The van der Waals surface area contributed by atoms with Crippen molar-refractivity contribution in [2.75, 3.05) is 5.75 Å². The molecule has 0 aliphatic carbocycles. The van der Waals surface area contributed by atoms with Gasteiger partial charge in [-0.15, -0.1) is 0 Å². The third-order valence-corrected chi connectivity index (χ3v) is 5.86. The van der Waals surface area contributed by atoms with Gasteiger partial charge in [-0.3, -0.25) is 0 Å². The molecule has 0 spiro atoms. The summed E-state index contributed by atoms with van der Waals surface area (Å²) < 4.78 is 26.1. The van der Waals surface area contributed by atoms with E-state index in [4.69, 9.17) is 0 Å². The van der Waals surface area contributed by atoms with E-state index in [-0.39, 0.29) is 17.8 Å². The predicted molar refractivity (Wildman–Crippen MR) is 67.5 cm³/mol. The molecule has 1 fully saturated rings. The zero-order valence-electron chi connectivity index (χ0n) is 10.6. The highest BCUT2D eigenvalue weighted by Gasteiger charge is 2.46. The van der Waals surface area contributed by atoms with Crippen LogP contribution in [0.3, 0.4) is 0 Å². The van der Waals surface area contributed by atoms with E-state index < -0.39 is 10.0 Å². The van der Waals surface area contributed by atoms with Crippen LogP contribution in [0.5, 0.6) is 0 Å². The first-order valence-corrected chi connectivity index (χ1v) is 7.97. The largest absolute Gasteiger partial charge is 0.241 e. The summed E-state index contributed by atoms with van der Waals surface area (Å²) in [6, 6.07) is 0.0612. The third kappa shape index (κ3) is 1.66. The maximum absolute atomic E-state index is 12.2. The molecule has 2 atom stereocenters. The summed E-state index contributed by atoms with van der Waals surface area (Å²) in [6.07, 6.45) is 4.36. The highest BCUT2D eigenvalue weighted by Crippen LogP contribution is 2.44. The summed E-state index contributed by atoms with van der Waals surface area (Å²) in [6.45, 7) is 3.58. The molecule has 2 bridgehead atoms. The van der Waals surface area contributed by atoms with E-state index in [0.717, 1.165) is 36.3 Å². The Balaban J connectivity index is 2.08. The topological polar surface area (TPSA) is 63.2 Å². The van der Waals surface area contributed by atoms with Gasteiger partial charge in [0.25, 0.3) is 0 Å². The molecule has 5 nitrogen and oxygen atoms in total. The fraction of sp³-hybridized carbons (Fsp3) is 0.667. The molecule has 98 valence electrons. The Morgan fingerprint density at radius 2 is 2.22 bits per heavy atom. The molecule has 3 rings (SSSR count). The lowest BCUT2D eigenvalue weighted by molar-refractivity contribution is 0.300. The summed E-state index contributed by atoms with van der Waals surface area (Å²) in [5.74, 6) is 0.933. The smallest absolute Gasteiger partial charge is 0.214 e. The van der Waals surface area contributed by atoms with Gasteiger partial charge in [0.05, 0.1) is 17.5 Å². The van der Waals surface area contributed by atoms with E-state index in [1.165, 1.54) is 0 Å². The number of hydrogen-bond acceptors (Lipinski definition) is 4. The Bertz CT molecular complexity index is 585. The first kappa shape index (κ1) is 12.0. The number of sulfonamides is 1. The summed E-state index contributed by atoms with van der Waals surface area (Å²) in [4.78, 5) is 8.68. The van der Waals surface area contributed by atoms with Crippen LogP contribution in [0.2, 0.25) is 0 Å². The lowest BCUT2D eigenvalue weighted by Crippen LogP contribution is -2.43. The molecule has 1 aromatic rings. The molecule has 18 heavy (non-hydrogen) atoms. The summed E-state index contributed by atoms with van der Waals surface area (Å²) in [5, 5.41) is 0. The average Bonchev–Trinajstić information content (AvgIpc) is 2.66. The standard InChI is InChI=1S/C12H17N3O2S/c1-3-18(16,17)15-9-4-5-12(15)10-7-13-8(2)14-11(10)6-9/h7,9,12H,3-6H2,1-2H3. The first-order chi connectivity index (χ1) is 8.53. The molecule has 2 aliphatic rings. The van der Waals surface area contributed by atoms with Crippen LogP contribution >= 0.6 is 0 Å². The molecule has 0 aromatic carbocycles. The van der Waals surface area contributed by atoms with Crippen LogP contribution in [-0.4, -0.2) is 34.5 Å². The van der Waals surface area contributed by atoms with Crippen molar-refractivity contribution in [2.45, 2.75) is 45.2 Å². The summed E-state index contributed by atoms with van der Waals surface area (Å²) in [5.41, 5.74) is 2.05. The van der Waals surface area contributed by atoms with Gasteiger partial charge in [-0.2, -0.15) is 4.31 Å². The van der Waals surface area contributed by atoms with Crippen molar-refractivity contribution in [2.24, 2.45) is 0 Å². The third-order valence-electron chi connectivity index (χ3n) is 3.93. The quantitative estimate of drug-likeness (QED) is 0.807. The van der Waals surface area contributed by atoms with Gasteiger partial charge in [0.2, 0.25) is 10.0 Å². The van der Waals surface area contributed by atoms with Gasteiger partial charge in [0.15, 0.2) is 0 Å². The zero-order chi connectivity index (χ0) is 12.9. The lowest BCUT2D eigenvalue weighted by Gasteiger charge is -2.34. The predicted octanol–water partition coefficient (Wildman–Crippen LogP) is 1.20. The Hall–Kier alpha value is -1.01. The van der Waals surface area contributed by atoms with Crippen molar-refractivity contribution >= 4 is 10.0 Å². The molecule has 0 radical (unpaired) electrons. The molecular weight excluding hydrogens is 250 g/mol. The van der Waals surface area contributed by atoms with Crippen LogP contribution in [0.15, 0.2) is 6.20 Å². The Labute approximate surface area is 107 Å². The number of rotatable bonds is 2. The molecule has 1 aromatic heterocycles. The maximum Gasteiger partial charge on any atom is 0.214 e. The van der Waals surface area contributed by atoms with Crippen molar-refractivity contribution in [3.8, 4) is 0 Å².